The van der Waals surface area contributed by atoms with Crippen molar-refractivity contribution >= 4 is 15.9 Å². The van der Waals surface area contributed by atoms with E-state index in [0.29, 0.717) is 18.7 Å². The molecule has 0 fully saturated rings. The Morgan fingerprint density at radius 1 is 1.14 bits per heavy atom. The van der Waals surface area contributed by atoms with Gasteiger partial charge in [-0.2, -0.15) is 0 Å². The van der Waals surface area contributed by atoms with E-state index in [1.54, 1.807) is 6.92 Å². The third-order valence-electron chi connectivity index (χ3n) is 2.88. The van der Waals surface area contributed by atoms with Gasteiger partial charge in [-0.1, -0.05) is 6.92 Å². The first-order valence-electron chi connectivity index (χ1n) is 7.00. The number of sulfonamides is 1. The maximum Gasteiger partial charge on any atom is 0.251 e. The fourth-order valence-corrected chi connectivity index (χ4v) is 2.82. The molecule has 0 saturated carbocycles. The van der Waals surface area contributed by atoms with Crippen LogP contribution in [-0.4, -0.2) is 39.1 Å². The van der Waals surface area contributed by atoms with Gasteiger partial charge >= 0.3 is 0 Å². The summed E-state index contributed by atoms with van der Waals surface area (Å²) in [6.07, 6.45) is 2.39. The number of hydrogen-bond acceptors (Lipinski definition) is 4. The Bertz CT molecular complexity index is 541. The smallest absolute Gasteiger partial charge is 0.251 e. The summed E-state index contributed by atoms with van der Waals surface area (Å²) in [5.74, 6) is -0.230. The number of carbonyl (C=O) groups is 1. The summed E-state index contributed by atoms with van der Waals surface area (Å²) in [5, 5.41) is 11.4. The second kappa shape index (κ2) is 8.76. The van der Waals surface area contributed by atoms with Crippen molar-refractivity contribution in [1.29, 1.82) is 0 Å². The molecule has 0 saturated heterocycles. The highest BCUT2D eigenvalue weighted by molar-refractivity contribution is 7.89. The number of benzene rings is 1. The third-order valence-corrected chi connectivity index (χ3v) is 4.44. The molecule has 0 aromatic heterocycles. The van der Waals surface area contributed by atoms with Crippen molar-refractivity contribution in [3.8, 4) is 0 Å². The van der Waals surface area contributed by atoms with Crippen molar-refractivity contribution in [2.45, 2.75) is 31.1 Å². The molecule has 0 spiro atoms. The molecule has 0 bridgehead atoms. The molecule has 1 amide bonds. The van der Waals surface area contributed by atoms with Crippen LogP contribution >= 0.6 is 0 Å². The Labute approximate surface area is 125 Å². The van der Waals surface area contributed by atoms with Gasteiger partial charge in [0.15, 0.2) is 0 Å². The second-order valence-corrected chi connectivity index (χ2v) is 6.33. The van der Waals surface area contributed by atoms with Gasteiger partial charge in [0.1, 0.15) is 0 Å². The van der Waals surface area contributed by atoms with Crippen LogP contribution in [0.1, 0.15) is 36.5 Å². The van der Waals surface area contributed by atoms with Gasteiger partial charge in [-0.05, 0) is 43.5 Å². The molecule has 3 N–H and O–H groups in total. The Morgan fingerprint density at radius 2 is 1.81 bits per heavy atom. The van der Waals surface area contributed by atoms with E-state index < -0.39 is 10.0 Å². The zero-order valence-corrected chi connectivity index (χ0v) is 12.9. The maximum atomic E-state index is 11.8. The molecule has 6 nitrogen and oxygen atoms in total. The first kappa shape index (κ1) is 17.6. The molecule has 7 heteroatoms. The molecule has 1 rings (SSSR count). The van der Waals surface area contributed by atoms with Crippen LogP contribution in [-0.2, 0) is 10.0 Å². The number of carbonyl (C=O) groups excluding carboxylic acids is 1. The highest BCUT2D eigenvalue weighted by Gasteiger charge is 2.13. The molecule has 0 aliphatic heterocycles. The van der Waals surface area contributed by atoms with Crippen molar-refractivity contribution in [3.05, 3.63) is 29.8 Å². The second-order valence-electron chi connectivity index (χ2n) is 4.57. The third kappa shape index (κ3) is 5.82. The van der Waals surface area contributed by atoms with Crippen LogP contribution in [0.5, 0.6) is 0 Å². The van der Waals surface area contributed by atoms with E-state index in [1.165, 1.54) is 24.3 Å². The normalized spacial score (nSPS) is 11.3. The average molecular weight is 314 g/mol. The van der Waals surface area contributed by atoms with Gasteiger partial charge in [0, 0.05) is 25.3 Å². The van der Waals surface area contributed by atoms with Crippen LogP contribution in [0.2, 0.25) is 0 Å². The standard InChI is InChI=1S/C14H22N2O4S/c1-2-16-21(19,20)13-8-6-12(7-9-13)14(18)15-10-4-3-5-11-17/h6-9,16-17H,2-5,10-11H2,1H3,(H,15,18). The summed E-state index contributed by atoms with van der Waals surface area (Å²) < 4.78 is 25.9. The number of rotatable bonds is 9. The van der Waals surface area contributed by atoms with Crippen LogP contribution < -0.4 is 10.0 Å². The average Bonchev–Trinajstić information content (AvgIpc) is 2.47. The van der Waals surface area contributed by atoms with Crippen LogP contribution in [0.4, 0.5) is 0 Å². The number of aliphatic hydroxyl groups is 1. The van der Waals surface area contributed by atoms with Crippen LogP contribution in [0.15, 0.2) is 29.2 Å². The largest absolute Gasteiger partial charge is 0.396 e. The molecule has 0 atom stereocenters. The van der Waals surface area contributed by atoms with Crippen molar-refractivity contribution in [2.75, 3.05) is 19.7 Å². The minimum atomic E-state index is -3.49. The lowest BCUT2D eigenvalue weighted by atomic mass is 10.2. The fraction of sp³-hybridized carbons (Fsp3) is 0.500. The van der Waals surface area contributed by atoms with E-state index >= 15 is 0 Å². The number of amides is 1. The Morgan fingerprint density at radius 3 is 2.38 bits per heavy atom. The van der Waals surface area contributed by atoms with Gasteiger partial charge in [0.25, 0.3) is 5.91 Å². The first-order valence-corrected chi connectivity index (χ1v) is 8.48. The molecule has 0 radical (unpaired) electrons. The molecule has 0 unspecified atom stereocenters. The monoisotopic (exact) mass is 314 g/mol. The fourth-order valence-electron chi connectivity index (χ4n) is 1.78. The van der Waals surface area contributed by atoms with Crippen LogP contribution in [0.3, 0.4) is 0 Å². The zero-order chi connectivity index (χ0) is 15.7. The molecule has 0 heterocycles. The predicted molar refractivity (Wildman–Crippen MR) is 80.6 cm³/mol. The quantitative estimate of drug-likeness (QED) is 0.590. The van der Waals surface area contributed by atoms with E-state index in [0.717, 1.165) is 19.3 Å². The Kier molecular flexibility index (Phi) is 7.35. The summed E-state index contributed by atoms with van der Waals surface area (Å²) in [4.78, 5) is 12.0. The zero-order valence-electron chi connectivity index (χ0n) is 12.1. The molecule has 1 aromatic carbocycles. The van der Waals surface area contributed by atoms with Crippen molar-refractivity contribution < 1.29 is 18.3 Å². The van der Waals surface area contributed by atoms with E-state index in [4.69, 9.17) is 5.11 Å². The number of unbranched alkanes of at least 4 members (excludes halogenated alkanes) is 2. The summed E-state index contributed by atoms with van der Waals surface area (Å²) in [6.45, 7) is 2.72. The maximum absolute atomic E-state index is 11.8. The van der Waals surface area contributed by atoms with Gasteiger partial charge in [-0.25, -0.2) is 13.1 Å². The first-order chi connectivity index (χ1) is 10.0. The lowest BCUT2D eigenvalue weighted by molar-refractivity contribution is 0.0952. The summed E-state index contributed by atoms with van der Waals surface area (Å²) in [7, 11) is -3.49. The van der Waals surface area contributed by atoms with Gasteiger partial charge < -0.3 is 10.4 Å². The highest BCUT2D eigenvalue weighted by Crippen LogP contribution is 2.10. The van der Waals surface area contributed by atoms with E-state index in [1.807, 2.05) is 0 Å². The van der Waals surface area contributed by atoms with Gasteiger partial charge in [0.2, 0.25) is 10.0 Å². The minimum absolute atomic E-state index is 0.142. The number of hydrogen-bond donors (Lipinski definition) is 3. The van der Waals surface area contributed by atoms with Gasteiger partial charge in [-0.15, -0.1) is 0 Å². The molecular weight excluding hydrogens is 292 g/mol. The minimum Gasteiger partial charge on any atom is -0.396 e. The highest BCUT2D eigenvalue weighted by atomic mass is 32.2. The van der Waals surface area contributed by atoms with Gasteiger partial charge in [-0.3, -0.25) is 4.79 Å². The Balaban J connectivity index is 2.55. The summed E-state index contributed by atoms with van der Waals surface area (Å²) >= 11 is 0. The topological polar surface area (TPSA) is 95.5 Å². The summed E-state index contributed by atoms with van der Waals surface area (Å²) in [6, 6.07) is 5.82. The molecule has 21 heavy (non-hydrogen) atoms. The van der Waals surface area contributed by atoms with Crippen molar-refractivity contribution in [2.24, 2.45) is 0 Å². The molecule has 0 aliphatic rings. The SMILES string of the molecule is CCNS(=O)(=O)c1ccc(C(=O)NCCCCCO)cc1. The predicted octanol–water partition coefficient (Wildman–Crippen LogP) is 0.877. The number of aliphatic hydroxyl groups excluding tert-OH is 1. The van der Waals surface area contributed by atoms with Crippen molar-refractivity contribution in [3.63, 3.8) is 0 Å². The summed E-state index contributed by atoms with van der Waals surface area (Å²) in [5.41, 5.74) is 0.424. The van der Waals surface area contributed by atoms with Crippen LogP contribution in [0.25, 0.3) is 0 Å². The molecule has 118 valence electrons. The van der Waals surface area contributed by atoms with Crippen molar-refractivity contribution in [1.82, 2.24) is 10.0 Å². The van der Waals surface area contributed by atoms with Crippen LogP contribution in [0, 0.1) is 0 Å². The Hall–Kier alpha value is -1.44. The number of nitrogens with one attached hydrogen (secondary N) is 2. The van der Waals surface area contributed by atoms with E-state index in [-0.39, 0.29) is 17.4 Å². The lowest BCUT2D eigenvalue weighted by Gasteiger charge is -2.07. The molecule has 1 aromatic rings. The lowest BCUT2D eigenvalue weighted by Crippen LogP contribution is -2.25. The van der Waals surface area contributed by atoms with Gasteiger partial charge in [0.05, 0.1) is 4.90 Å². The van der Waals surface area contributed by atoms with E-state index in [9.17, 15) is 13.2 Å². The molecular formula is C14H22N2O4S. The van der Waals surface area contributed by atoms with E-state index in [2.05, 4.69) is 10.0 Å². The molecule has 0 aliphatic carbocycles.